The lowest BCUT2D eigenvalue weighted by atomic mass is 10.1. The average molecular weight is 253 g/mol. The van der Waals surface area contributed by atoms with Gasteiger partial charge in [-0.3, -0.25) is 10.1 Å². The number of fused-ring (bicyclic) bond motifs is 1. The highest BCUT2D eigenvalue weighted by Crippen LogP contribution is 2.36. The molecule has 0 bridgehead atoms. The topological polar surface area (TPSA) is 65.3 Å². The third-order valence-electron chi connectivity index (χ3n) is 2.40. The van der Waals surface area contributed by atoms with Crippen molar-refractivity contribution in [2.45, 2.75) is 6.92 Å². The lowest BCUT2D eigenvalue weighted by molar-refractivity contribution is -0.383. The van der Waals surface area contributed by atoms with Crippen LogP contribution in [-0.4, -0.2) is 17.0 Å². The summed E-state index contributed by atoms with van der Waals surface area (Å²) in [5, 5.41) is 11.5. The molecule has 0 atom stereocenters. The van der Waals surface area contributed by atoms with Crippen LogP contribution in [0.5, 0.6) is 5.75 Å². The molecule has 0 aliphatic heterocycles. The zero-order valence-electron chi connectivity index (χ0n) is 9.23. The molecule has 0 saturated carbocycles. The van der Waals surface area contributed by atoms with E-state index < -0.39 is 4.92 Å². The summed E-state index contributed by atoms with van der Waals surface area (Å²) >= 11 is 6.04. The van der Waals surface area contributed by atoms with Gasteiger partial charge in [0.25, 0.3) is 5.69 Å². The first-order valence-corrected chi connectivity index (χ1v) is 5.20. The molecule has 0 unspecified atom stereocenters. The van der Waals surface area contributed by atoms with Crippen molar-refractivity contribution >= 4 is 28.2 Å². The molecule has 0 fully saturated rings. The smallest absolute Gasteiger partial charge is 0.280 e. The number of aryl methyl sites for hydroxylation is 1. The Morgan fingerprint density at radius 2 is 2.18 bits per heavy atom. The summed E-state index contributed by atoms with van der Waals surface area (Å²) in [6, 6.07) is 4.48. The first-order chi connectivity index (χ1) is 8.04. The first kappa shape index (κ1) is 11.6. The lowest BCUT2D eigenvalue weighted by Gasteiger charge is -2.07. The molecule has 2 rings (SSSR count). The van der Waals surface area contributed by atoms with Gasteiger partial charge in [0.1, 0.15) is 16.7 Å². The molecule has 0 saturated heterocycles. The van der Waals surface area contributed by atoms with Crippen molar-refractivity contribution < 1.29 is 9.66 Å². The number of benzene rings is 1. The van der Waals surface area contributed by atoms with E-state index in [-0.39, 0.29) is 5.69 Å². The van der Waals surface area contributed by atoms with Gasteiger partial charge in [0.05, 0.1) is 17.1 Å². The minimum atomic E-state index is -0.481. The standard InChI is InChI=1S/C11H9ClN2O3/c1-6-5-7(12)10-8(14(15)16)3-4-9(17-2)11(10)13-6/h3-5H,1-2H3. The summed E-state index contributed by atoms with van der Waals surface area (Å²) in [6.45, 7) is 1.77. The van der Waals surface area contributed by atoms with Crippen molar-refractivity contribution in [1.82, 2.24) is 4.98 Å². The molecular formula is C11H9ClN2O3. The molecule has 0 spiro atoms. The van der Waals surface area contributed by atoms with Gasteiger partial charge in [-0.1, -0.05) is 11.6 Å². The first-order valence-electron chi connectivity index (χ1n) is 4.83. The van der Waals surface area contributed by atoms with Gasteiger partial charge in [0, 0.05) is 11.8 Å². The maximum atomic E-state index is 10.9. The van der Waals surface area contributed by atoms with E-state index in [2.05, 4.69) is 4.98 Å². The number of hydrogen-bond donors (Lipinski definition) is 0. The molecule has 5 nitrogen and oxygen atoms in total. The fourth-order valence-corrected chi connectivity index (χ4v) is 2.03. The van der Waals surface area contributed by atoms with Gasteiger partial charge in [-0.25, -0.2) is 4.98 Å². The van der Waals surface area contributed by atoms with Crippen LogP contribution < -0.4 is 4.74 Å². The summed E-state index contributed by atoms with van der Waals surface area (Å²) in [6.07, 6.45) is 0. The Bertz CT molecular complexity index is 613. The third kappa shape index (κ3) is 1.89. The Labute approximate surface area is 102 Å². The predicted octanol–water partition coefficient (Wildman–Crippen LogP) is 3.11. The largest absolute Gasteiger partial charge is 0.494 e. The van der Waals surface area contributed by atoms with Crippen LogP contribution in [0.4, 0.5) is 5.69 Å². The van der Waals surface area contributed by atoms with Crippen molar-refractivity contribution in [1.29, 1.82) is 0 Å². The maximum absolute atomic E-state index is 10.9. The fourth-order valence-electron chi connectivity index (χ4n) is 1.69. The van der Waals surface area contributed by atoms with Gasteiger partial charge in [-0.15, -0.1) is 0 Å². The number of aromatic nitrogens is 1. The zero-order chi connectivity index (χ0) is 12.6. The number of halogens is 1. The Morgan fingerprint density at radius 3 is 2.76 bits per heavy atom. The number of pyridine rings is 1. The highest BCUT2D eigenvalue weighted by molar-refractivity contribution is 6.36. The fraction of sp³-hybridized carbons (Fsp3) is 0.182. The van der Waals surface area contributed by atoms with E-state index in [4.69, 9.17) is 16.3 Å². The molecule has 6 heteroatoms. The molecule has 0 aliphatic rings. The number of hydrogen-bond acceptors (Lipinski definition) is 4. The lowest BCUT2D eigenvalue weighted by Crippen LogP contribution is -1.95. The van der Waals surface area contributed by atoms with Crippen molar-refractivity contribution in [2.75, 3.05) is 7.11 Å². The summed E-state index contributed by atoms with van der Waals surface area (Å²) in [7, 11) is 1.48. The number of nitrogens with zero attached hydrogens (tertiary/aromatic N) is 2. The van der Waals surface area contributed by atoms with Gasteiger partial charge in [0.2, 0.25) is 0 Å². The van der Waals surface area contributed by atoms with E-state index >= 15 is 0 Å². The van der Waals surface area contributed by atoms with Crippen molar-refractivity contribution in [2.24, 2.45) is 0 Å². The van der Waals surface area contributed by atoms with E-state index in [1.807, 2.05) is 0 Å². The van der Waals surface area contributed by atoms with E-state index in [9.17, 15) is 10.1 Å². The summed E-state index contributed by atoms with van der Waals surface area (Å²) in [5.74, 6) is 0.469. The summed E-state index contributed by atoms with van der Waals surface area (Å²) < 4.78 is 5.13. The molecule has 1 heterocycles. The van der Waals surface area contributed by atoms with E-state index in [0.717, 1.165) is 0 Å². The molecule has 88 valence electrons. The van der Waals surface area contributed by atoms with E-state index in [1.165, 1.54) is 19.2 Å². The summed E-state index contributed by atoms with van der Waals surface area (Å²) in [4.78, 5) is 14.7. The van der Waals surface area contributed by atoms with Crippen LogP contribution in [-0.2, 0) is 0 Å². The van der Waals surface area contributed by atoms with Gasteiger partial charge >= 0.3 is 0 Å². The molecule has 17 heavy (non-hydrogen) atoms. The van der Waals surface area contributed by atoms with E-state index in [0.29, 0.717) is 27.4 Å². The number of ether oxygens (including phenoxy) is 1. The quantitative estimate of drug-likeness (QED) is 0.608. The highest BCUT2D eigenvalue weighted by atomic mass is 35.5. The minimum absolute atomic E-state index is 0.0710. The van der Waals surface area contributed by atoms with Crippen LogP contribution >= 0.6 is 11.6 Å². The molecule has 0 aliphatic carbocycles. The molecule has 1 aromatic heterocycles. The summed E-state index contributed by atoms with van der Waals surface area (Å²) in [5.41, 5.74) is 1.02. The molecule has 2 aromatic rings. The molecular weight excluding hydrogens is 244 g/mol. The minimum Gasteiger partial charge on any atom is -0.494 e. The second-order valence-corrected chi connectivity index (χ2v) is 3.92. The second kappa shape index (κ2) is 4.18. The van der Waals surface area contributed by atoms with Crippen LogP contribution in [0, 0.1) is 17.0 Å². The number of rotatable bonds is 2. The van der Waals surface area contributed by atoms with Crippen molar-refractivity contribution in [3.63, 3.8) is 0 Å². The van der Waals surface area contributed by atoms with Gasteiger partial charge in [-0.05, 0) is 19.1 Å². The Balaban J connectivity index is 2.95. The molecule has 1 aromatic carbocycles. The van der Waals surface area contributed by atoms with E-state index in [1.54, 1.807) is 13.0 Å². The second-order valence-electron chi connectivity index (χ2n) is 3.51. The van der Waals surface area contributed by atoms with Crippen LogP contribution in [0.2, 0.25) is 5.02 Å². The van der Waals surface area contributed by atoms with Gasteiger partial charge in [0.15, 0.2) is 0 Å². The number of non-ortho nitro benzene ring substituents is 1. The molecule has 0 amide bonds. The molecule has 0 radical (unpaired) electrons. The van der Waals surface area contributed by atoms with Crippen LogP contribution in [0.3, 0.4) is 0 Å². The van der Waals surface area contributed by atoms with Crippen LogP contribution in [0.15, 0.2) is 18.2 Å². The monoisotopic (exact) mass is 252 g/mol. The van der Waals surface area contributed by atoms with Crippen molar-refractivity contribution in [3.8, 4) is 5.75 Å². The third-order valence-corrected chi connectivity index (χ3v) is 2.70. The van der Waals surface area contributed by atoms with Gasteiger partial charge in [-0.2, -0.15) is 0 Å². The number of nitro benzene ring substituents is 1. The van der Waals surface area contributed by atoms with Gasteiger partial charge < -0.3 is 4.74 Å². The Kier molecular flexibility index (Phi) is 2.85. The number of nitro groups is 1. The van der Waals surface area contributed by atoms with Crippen LogP contribution in [0.1, 0.15) is 5.69 Å². The van der Waals surface area contributed by atoms with Crippen LogP contribution in [0.25, 0.3) is 10.9 Å². The normalized spacial score (nSPS) is 10.5. The Morgan fingerprint density at radius 1 is 1.47 bits per heavy atom. The highest BCUT2D eigenvalue weighted by Gasteiger charge is 2.19. The zero-order valence-corrected chi connectivity index (χ0v) is 9.99. The molecule has 0 N–H and O–H groups in total. The SMILES string of the molecule is COc1ccc([N+](=O)[O-])c2c(Cl)cc(C)nc12. The van der Waals surface area contributed by atoms with Crippen molar-refractivity contribution in [3.05, 3.63) is 39.0 Å². The predicted molar refractivity (Wildman–Crippen MR) is 64.7 cm³/mol. The number of methoxy groups -OCH3 is 1. The Hall–Kier alpha value is -1.88. The maximum Gasteiger partial charge on any atom is 0.280 e. The average Bonchev–Trinajstić information content (AvgIpc) is 2.27.